The Bertz CT molecular complexity index is 172. The van der Waals surface area contributed by atoms with Crippen LogP contribution in [0, 0.1) is 5.92 Å². The number of unbranched alkanes of at least 4 members (excludes halogenated alkanes) is 4. The van der Waals surface area contributed by atoms with E-state index < -0.39 is 0 Å². The van der Waals surface area contributed by atoms with Crippen LogP contribution in [0.15, 0.2) is 0 Å². The van der Waals surface area contributed by atoms with Gasteiger partial charge in [-0.25, -0.2) is 0 Å². The summed E-state index contributed by atoms with van der Waals surface area (Å²) >= 11 is 0. The summed E-state index contributed by atoms with van der Waals surface area (Å²) in [6.45, 7) is 4.20. The highest BCUT2D eigenvalue weighted by Crippen LogP contribution is 2.27. The molecule has 2 heteroatoms. The summed E-state index contributed by atoms with van der Waals surface area (Å²) in [5.74, 6) is 0.861. The van der Waals surface area contributed by atoms with E-state index in [0.29, 0.717) is 0 Å². The highest BCUT2D eigenvalue weighted by molar-refractivity contribution is 4.81. The zero-order valence-electron chi connectivity index (χ0n) is 11.8. The minimum absolute atomic E-state index is 0.753. The lowest BCUT2D eigenvalue weighted by Gasteiger charge is -2.18. The third-order valence-electron chi connectivity index (χ3n) is 4.06. The van der Waals surface area contributed by atoms with E-state index in [2.05, 4.69) is 19.3 Å². The van der Waals surface area contributed by atoms with Crippen molar-refractivity contribution in [2.45, 2.75) is 70.8 Å². The van der Waals surface area contributed by atoms with E-state index in [1.807, 2.05) is 0 Å². The highest BCUT2D eigenvalue weighted by atomic mass is 16.5. The maximum atomic E-state index is 5.74. The highest BCUT2D eigenvalue weighted by Gasteiger charge is 2.24. The average Bonchev–Trinajstić information content (AvgIpc) is 2.80. The molecule has 1 saturated carbocycles. The first-order valence-electron chi connectivity index (χ1n) is 7.63. The van der Waals surface area contributed by atoms with Crippen molar-refractivity contribution in [1.82, 2.24) is 5.32 Å². The molecule has 0 saturated heterocycles. The molecule has 0 aliphatic heterocycles. The van der Waals surface area contributed by atoms with Crippen molar-refractivity contribution in [3.8, 4) is 0 Å². The Hall–Kier alpha value is -0.0800. The number of hydrogen-bond acceptors (Lipinski definition) is 2. The summed E-state index contributed by atoms with van der Waals surface area (Å²) < 4.78 is 5.74. The van der Waals surface area contributed by atoms with Gasteiger partial charge in [-0.2, -0.15) is 0 Å². The minimum Gasteiger partial charge on any atom is -0.381 e. The molecule has 1 aliphatic carbocycles. The SMILES string of the molecule is CCCCCCCOCCC1CCCC1NC. The number of nitrogens with one attached hydrogen (secondary N) is 1. The Kier molecular flexibility index (Phi) is 8.72. The van der Waals surface area contributed by atoms with Gasteiger partial charge in [-0.15, -0.1) is 0 Å². The van der Waals surface area contributed by atoms with Crippen molar-refractivity contribution in [3.05, 3.63) is 0 Å². The predicted octanol–water partition coefficient (Wildman–Crippen LogP) is 3.75. The van der Waals surface area contributed by atoms with Gasteiger partial charge in [0, 0.05) is 19.3 Å². The van der Waals surface area contributed by atoms with Gasteiger partial charge in [0.1, 0.15) is 0 Å². The van der Waals surface area contributed by atoms with Crippen LogP contribution in [-0.4, -0.2) is 26.3 Å². The van der Waals surface area contributed by atoms with E-state index in [-0.39, 0.29) is 0 Å². The fourth-order valence-corrected chi connectivity index (χ4v) is 2.91. The molecular weight excluding hydrogens is 210 g/mol. The van der Waals surface area contributed by atoms with Gasteiger partial charge in [-0.1, -0.05) is 39.0 Å². The molecule has 2 nitrogen and oxygen atoms in total. The maximum Gasteiger partial charge on any atom is 0.0469 e. The van der Waals surface area contributed by atoms with Crippen molar-refractivity contribution in [2.24, 2.45) is 5.92 Å². The molecule has 1 fully saturated rings. The summed E-state index contributed by atoms with van der Waals surface area (Å²) in [6, 6.07) is 0.753. The quantitative estimate of drug-likeness (QED) is 0.588. The van der Waals surface area contributed by atoms with E-state index in [4.69, 9.17) is 4.74 Å². The Morgan fingerprint density at radius 3 is 2.65 bits per heavy atom. The number of hydrogen-bond donors (Lipinski definition) is 1. The first kappa shape index (κ1) is 15.0. The van der Waals surface area contributed by atoms with Gasteiger partial charge in [0.2, 0.25) is 0 Å². The van der Waals surface area contributed by atoms with Crippen molar-refractivity contribution >= 4 is 0 Å². The molecular formula is C15H31NO. The summed E-state index contributed by atoms with van der Waals surface area (Å²) in [5.41, 5.74) is 0. The monoisotopic (exact) mass is 241 g/mol. The maximum absolute atomic E-state index is 5.74. The van der Waals surface area contributed by atoms with Crippen molar-refractivity contribution in [3.63, 3.8) is 0 Å². The Labute approximate surface area is 108 Å². The fraction of sp³-hybridized carbons (Fsp3) is 1.00. The molecule has 0 amide bonds. The van der Waals surface area contributed by atoms with Gasteiger partial charge in [0.05, 0.1) is 0 Å². The van der Waals surface area contributed by atoms with Crippen LogP contribution in [0.1, 0.15) is 64.7 Å². The molecule has 0 heterocycles. The van der Waals surface area contributed by atoms with Crippen LogP contribution < -0.4 is 5.32 Å². The van der Waals surface area contributed by atoms with Crippen molar-refractivity contribution < 1.29 is 4.74 Å². The minimum atomic E-state index is 0.753. The lowest BCUT2D eigenvalue weighted by Crippen LogP contribution is -2.29. The molecule has 2 unspecified atom stereocenters. The first-order valence-corrected chi connectivity index (χ1v) is 7.63. The Morgan fingerprint density at radius 2 is 1.88 bits per heavy atom. The van der Waals surface area contributed by atoms with Crippen LogP contribution in [-0.2, 0) is 4.74 Å². The Morgan fingerprint density at radius 1 is 1.06 bits per heavy atom. The van der Waals surface area contributed by atoms with E-state index >= 15 is 0 Å². The van der Waals surface area contributed by atoms with Crippen LogP contribution >= 0.6 is 0 Å². The summed E-state index contributed by atoms with van der Waals surface area (Å²) in [6.07, 6.45) is 12.1. The summed E-state index contributed by atoms with van der Waals surface area (Å²) in [5, 5.41) is 3.43. The standard InChI is InChI=1S/C15H31NO/c1-3-4-5-6-7-12-17-13-11-14-9-8-10-15(14)16-2/h14-16H,3-13H2,1-2H3. The molecule has 0 spiro atoms. The average molecular weight is 241 g/mol. The second kappa shape index (κ2) is 9.90. The normalized spacial score (nSPS) is 24.4. The molecule has 0 aromatic carbocycles. The molecule has 1 N–H and O–H groups in total. The van der Waals surface area contributed by atoms with Crippen LogP contribution in [0.25, 0.3) is 0 Å². The van der Waals surface area contributed by atoms with Gasteiger partial charge < -0.3 is 10.1 Å². The molecule has 2 atom stereocenters. The van der Waals surface area contributed by atoms with Crippen LogP contribution in [0.4, 0.5) is 0 Å². The molecule has 0 bridgehead atoms. The van der Waals surface area contributed by atoms with Gasteiger partial charge in [-0.3, -0.25) is 0 Å². The van der Waals surface area contributed by atoms with Crippen molar-refractivity contribution in [2.75, 3.05) is 20.3 Å². The lowest BCUT2D eigenvalue weighted by atomic mass is 10.0. The molecule has 17 heavy (non-hydrogen) atoms. The molecule has 0 radical (unpaired) electrons. The smallest absolute Gasteiger partial charge is 0.0469 e. The third-order valence-corrected chi connectivity index (χ3v) is 4.06. The fourth-order valence-electron chi connectivity index (χ4n) is 2.91. The van der Waals surface area contributed by atoms with E-state index in [9.17, 15) is 0 Å². The summed E-state index contributed by atoms with van der Waals surface area (Å²) in [4.78, 5) is 0. The second-order valence-corrected chi connectivity index (χ2v) is 5.40. The zero-order chi connectivity index (χ0) is 12.3. The topological polar surface area (TPSA) is 21.3 Å². The lowest BCUT2D eigenvalue weighted by molar-refractivity contribution is 0.113. The van der Waals surface area contributed by atoms with E-state index in [0.717, 1.165) is 25.2 Å². The van der Waals surface area contributed by atoms with Gasteiger partial charge in [0.25, 0.3) is 0 Å². The number of ether oxygens (including phenoxy) is 1. The van der Waals surface area contributed by atoms with Crippen LogP contribution in [0.3, 0.4) is 0 Å². The Balaban J connectivity index is 1.87. The van der Waals surface area contributed by atoms with Crippen LogP contribution in [0.2, 0.25) is 0 Å². The third kappa shape index (κ3) is 6.42. The van der Waals surface area contributed by atoms with Crippen LogP contribution in [0.5, 0.6) is 0 Å². The molecule has 0 aromatic rings. The summed E-state index contributed by atoms with van der Waals surface area (Å²) in [7, 11) is 2.09. The van der Waals surface area contributed by atoms with E-state index in [1.165, 1.54) is 57.8 Å². The predicted molar refractivity (Wildman–Crippen MR) is 74.4 cm³/mol. The van der Waals surface area contributed by atoms with Gasteiger partial charge in [-0.05, 0) is 38.6 Å². The molecule has 1 rings (SSSR count). The second-order valence-electron chi connectivity index (χ2n) is 5.40. The molecule has 0 aromatic heterocycles. The molecule has 102 valence electrons. The largest absolute Gasteiger partial charge is 0.381 e. The first-order chi connectivity index (χ1) is 8.38. The van der Waals surface area contributed by atoms with Gasteiger partial charge in [0.15, 0.2) is 0 Å². The van der Waals surface area contributed by atoms with Crippen molar-refractivity contribution in [1.29, 1.82) is 0 Å². The van der Waals surface area contributed by atoms with Gasteiger partial charge >= 0.3 is 0 Å². The zero-order valence-corrected chi connectivity index (χ0v) is 11.8. The molecule has 1 aliphatic rings. The number of rotatable bonds is 10. The van der Waals surface area contributed by atoms with E-state index in [1.54, 1.807) is 0 Å².